The zero-order valence-corrected chi connectivity index (χ0v) is 14.7. The maximum absolute atomic E-state index is 12.2. The largest absolute Gasteiger partial charge is 0.334 e. The molecule has 1 aromatic heterocycles. The van der Waals surface area contributed by atoms with E-state index in [0.717, 1.165) is 19.0 Å². The zero-order chi connectivity index (χ0) is 16.8. The van der Waals surface area contributed by atoms with Crippen molar-refractivity contribution in [3.8, 4) is 0 Å². The summed E-state index contributed by atoms with van der Waals surface area (Å²) in [5, 5.41) is 10.2. The van der Waals surface area contributed by atoms with Crippen LogP contribution in [0.1, 0.15) is 51.9 Å². The summed E-state index contributed by atoms with van der Waals surface area (Å²) in [6.45, 7) is 4.80. The van der Waals surface area contributed by atoms with Gasteiger partial charge in [-0.1, -0.05) is 19.3 Å². The van der Waals surface area contributed by atoms with Crippen molar-refractivity contribution in [2.24, 2.45) is 0 Å². The smallest absolute Gasteiger partial charge is 0.315 e. The zero-order valence-electron chi connectivity index (χ0n) is 14.7. The van der Waals surface area contributed by atoms with E-state index in [2.05, 4.69) is 25.6 Å². The molecule has 0 radical (unpaired) electrons. The van der Waals surface area contributed by atoms with Gasteiger partial charge in [0.05, 0.1) is 6.54 Å². The summed E-state index contributed by atoms with van der Waals surface area (Å²) in [4.78, 5) is 18.8. The lowest BCUT2D eigenvalue weighted by Crippen LogP contribution is -2.54. The number of nitrogens with one attached hydrogen (secondary N) is 2. The van der Waals surface area contributed by atoms with Crippen molar-refractivity contribution in [3.05, 3.63) is 12.7 Å². The molecule has 7 heteroatoms. The standard InChI is InChI=1S/C17H30N6O/c1-14(10-23-13-18-12-19-23)20-17(24)21-15-6-5-9-22(11-15)16-7-3-2-4-8-16/h12-16H,2-11H2,1H3,(H2,20,21,24). The first-order valence-electron chi connectivity index (χ1n) is 9.34. The Bertz CT molecular complexity index is 499. The number of aromatic nitrogens is 3. The minimum atomic E-state index is -0.0712. The van der Waals surface area contributed by atoms with Gasteiger partial charge in [-0.25, -0.2) is 9.78 Å². The Morgan fingerprint density at radius 2 is 2.08 bits per heavy atom. The van der Waals surface area contributed by atoms with Gasteiger partial charge in [0.1, 0.15) is 12.7 Å². The first-order valence-corrected chi connectivity index (χ1v) is 9.34. The van der Waals surface area contributed by atoms with Crippen molar-refractivity contribution in [2.45, 2.75) is 76.5 Å². The monoisotopic (exact) mass is 334 g/mol. The second kappa shape index (κ2) is 8.46. The van der Waals surface area contributed by atoms with Crippen LogP contribution in [-0.2, 0) is 6.54 Å². The molecule has 0 bridgehead atoms. The molecule has 1 aliphatic carbocycles. The fourth-order valence-corrected chi connectivity index (χ4v) is 4.01. The van der Waals surface area contributed by atoms with Crippen molar-refractivity contribution >= 4 is 6.03 Å². The lowest BCUT2D eigenvalue weighted by molar-refractivity contribution is 0.112. The van der Waals surface area contributed by atoms with Crippen molar-refractivity contribution in [1.29, 1.82) is 0 Å². The highest BCUT2D eigenvalue weighted by Crippen LogP contribution is 2.25. The van der Waals surface area contributed by atoms with Crippen LogP contribution in [0.4, 0.5) is 4.79 Å². The minimum absolute atomic E-state index is 0.0183. The number of rotatable bonds is 5. The van der Waals surface area contributed by atoms with Gasteiger partial charge in [-0.3, -0.25) is 9.58 Å². The van der Waals surface area contributed by atoms with Crippen LogP contribution in [-0.4, -0.2) is 56.9 Å². The molecule has 1 aromatic rings. The Balaban J connectivity index is 1.41. The fraction of sp³-hybridized carbons (Fsp3) is 0.824. The number of amides is 2. The van der Waals surface area contributed by atoms with Crippen LogP contribution in [0, 0.1) is 0 Å². The van der Waals surface area contributed by atoms with Gasteiger partial charge < -0.3 is 10.6 Å². The molecule has 1 saturated carbocycles. The molecule has 2 aliphatic rings. The molecule has 2 unspecified atom stereocenters. The Morgan fingerprint density at radius 3 is 2.83 bits per heavy atom. The molecular formula is C17H30N6O. The summed E-state index contributed by atoms with van der Waals surface area (Å²) >= 11 is 0. The summed E-state index contributed by atoms with van der Waals surface area (Å²) in [6.07, 6.45) is 12.2. The number of piperidine rings is 1. The van der Waals surface area contributed by atoms with Gasteiger partial charge in [0, 0.05) is 24.7 Å². The van der Waals surface area contributed by atoms with Crippen LogP contribution in [0.3, 0.4) is 0 Å². The predicted octanol–water partition coefficient (Wildman–Crippen LogP) is 1.76. The molecule has 24 heavy (non-hydrogen) atoms. The lowest BCUT2D eigenvalue weighted by atomic mass is 9.92. The average molecular weight is 334 g/mol. The number of nitrogens with zero attached hydrogens (tertiary/aromatic N) is 4. The summed E-state index contributed by atoms with van der Waals surface area (Å²) in [5.74, 6) is 0. The Hall–Kier alpha value is -1.63. The van der Waals surface area contributed by atoms with Gasteiger partial charge in [0.15, 0.2) is 0 Å². The Labute approximate surface area is 144 Å². The SMILES string of the molecule is CC(Cn1cncn1)NC(=O)NC1CCCN(C2CCCCC2)C1. The van der Waals surface area contributed by atoms with E-state index in [9.17, 15) is 4.79 Å². The predicted molar refractivity (Wildman–Crippen MR) is 92.6 cm³/mol. The van der Waals surface area contributed by atoms with Gasteiger partial charge in [0.2, 0.25) is 0 Å². The topological polar surface area (TPSA) is 75.1 Å². The number of likely N-dealkylation sites (tertiary alicyclic amines) is 1. The third-order valence-electron chi connectivity index (χ3n) is 5.18. The van der Waals surface area contributed by atoms with E-state index < -0.39 is 0 Å². The molecule has 1 aliphatic heterocycles. The molecule has 2 N–H and O–H groups in total. The van der Waals surface area contributed by atoms with Crippen LogP contribution in [0.25, 0.3) is 0 Å². The van der Waals surface area contributed by atoms with Gasteiger partial charge in [-0.15, -0.1) is 0 Å². The molecule has 2 fully saturated rings. The van der Waals surface area contributed by atoms with Crippen molar-refractivity contribution in [3.63, 3.8) is 0 Å². The summed E-state index contributed by atoms with van der Waals surface area (Å²) in [5.41, 5.74) is 0. The van der Waals surface area contributed by atoms with E-state index in [1.54, 1.807) is 11.0 Å². The maximum atomic E-state index is 12.2. The van der Waals surface area contributed by atoms with Crippen LogP contribution in [0.2, 0.25) is 0 Å². The molecule has 3 rings (SSSR count). The maximum Gasteiger partial charge on any atom is 0.315 e. The molecule has 0 spiro atoms. The minimum Gasteiger partial charge on any atom is -0.334 e. The van der Waals surface area contributed by atoms with Crippen molar-refractivity contribution in [2.75, 3.05) is 13.1 Å². The molecule has 7 nitrogen and oxygen atoms in total. The van der Waals surface area contributed by atoms with Crippen molar-refractivity contribution in [1.82, 2.24) is 30.3 Å². The summed E-state index contributed by atoms with van der Waals surface area (Å²) in [6, 6.07) is 0.944. The van der Waals surface area contributed by atoms with Crippen LogP contribution in [0.15, 0.2) is 12.7 Å². The molecular weight excluding hydrogens is 304 g/mol. The van der Waals surface area contributed by atoms with Crippen LogP contribution in [0.5, 0.6) is 0 Å². The quantitative estimate of drug-likeness (QED) is 0.860. The Kier molecular flexibility index (Phi) is 6.07. The van der Waals surface area contributed by atoms with Gasteiger partial charge in [-0.2, -0.15) is 5.10 Å². The van der Waals surface area contributed by atoms with Gasteiger partial charge >= 0.3 is 6.03 Å². The average Bonchev–Trinajstić information content (AvgIpc) is 3.08. The number of carbonyl (C=O) groups excluding carboxylic acids is 1. The number of hydrogen-bond acceptors (Lipinski definition) is 4. The molecule has 1 saturated heterocycles. The first kappa shape index (κ1) is 17.2. The highest BCUT2D eigenvalue weighted by atomic mass is 16.2. The van der Waals surface area contributed by atoms with Crippen LogP contribution >= 0.6 is 0 Å². The first-order chi connectivity index (χ1) is 11.7. The molecule has 2 atom stereocenters. The fourth-order valence-electron chi connectivity index (χ4n) is 4.01. The number of hydrogen-bond donors (Lipinski definition) is 2. The lowest BCUT2D eigenvalue weighted by Gasteiger charge is -2.40. The highest BCUT2D eigenvalue weighted by molar-refractivity contribution is 5.74. The molecule has 2 heterocycles. The van der Waals surface area contributed by atoms with E-state index in [-0.39, 0.29) is 18.1 Å². The summed E-state index contributed by atoms with van der Waals surface area (Å²) < 4.78 is 1.73. The summed E-state index contributed by atoms with van der Waals surface area (Å²) in [7, 11) is 0. The van der Waals surface area contributed by atoms with E-state index in [1.807, 2.05) is 6.92 Å². The molecule has 134 valence electrons. The number of carbonyl (C=O) groups is 1. The second-order valence-corrected chi connectivity index (χ2v) is 7.26. The van der Waals surface area contributed by atoms with Crippen LogP contribution < -0.4 is 10.6 Å². The third kappa shape index (κ3) is 4.93. The molecule has 0 aromatic carbocycles. The van der Waals surface area contributed by atoms with Crippen molar-refractivity contribution < 1.29 is 4.79 Å². The molecule has 2 amide bonds. The van der Waals surface area contributed by atoms with E-state index >= 15 is 0 Å². The van der Waals surface area contributed by atoms with Gasteiger partial charge in [0.25, 0.3) is 0 Å². The van der Waals surface area contributed by atoms with E-state index in [0.29, 0.717) is 6.54 Å². The van der Waals surface area contributed by atoms with Gasteiger partial charge in [-0.05, 0) is 39.2 Å². The highest BCUT2D eigenvalue weighted by Gasteiger charge is 2.27. The number of urea groups is 1. The van der Waals surface area contributed by atoms with E-state index in [1.165, 1.54) is 51.4 Å². The normalized spacial score (nSPS) is 24.5. The second-order valence-electron chi connectivity index (χ2n) is 7.26. The Morgan fingerprint density at radius 1 is 1.25 bits per heavy atom. The third-order valence-corrected chi connectivity index (χ3v) is 5.18. The van der Waals surface area contributed by atoms with E-state index in [4.69, 9.17) is 0 Å².